The molecule has 0 saturated carbocycles. The van der Waals surface area contributed by atoms with Gasteiger partial charge in [0.1, 0.15) is 6.54 Å². The summed E-state index contributed by atoms with van der Waals surface area (Å²) < 4.78 is 1.90. The fourth-order valence-corrected chi connectivity index (χ4v) is 3.39. The van der Waals surface area contributed by atoms with E-state index in [0.29, 0.717) is 12.1 Å². The van der Waals surface area contributed by atoms with Gasteiger partial charge in [0, 0.05) is 29.1 Å². The molecule has 0 bridgehead atoms. The van der Waals surface area contributed by atoms with Crippen molar-refractivity contribution < 1.29 is 4.79 Å². The zero-order chi connectivity index (χ0) is 18.6. The van der Waals surface area contributed by atoms with Crippen molar-refractivity contribution in [3.63, 3.8) is 0 Å². The standard InChI is InChI=1S/C22H18N4O/c23-10-13-26-20-14-17(6-7-18(20)19-9-11-24-15-21(19)26)22(27)25-12-8-16-4-2-1-3-5-16/h1-7,9,11,14-15H,8,12-13H2,(H,25,27). The number of benzene rings is 2. The number of pyridine rings is 1. The maximum Gasteiger partial charge on any atom is 0.251 e. The van der Waals surface area contributed by atoms with Gasteiger partial charge in [0.15, 0.2) is 0 Å². The van der Waals surface area contributed by atoms with Crippen LogP contribution in [0, 0.1) is 11.3 Å². The van der Waals surface area contributed by atoms with Gasteiger partial charge < -0.3 is 9.88 Å². The fraction of sp³-hybridized carbons (Fsp3) is 0.136. The second-order valence-electron chi connectivity index (χ2n) is 6.36. The molecular weight excluding hydrogens is 336 g/mol. The number of hydrogen-bond acceptors (Lipinski definition) is 3. The third kappa shape index (κ3) is 3.25. The van der Waals surface area contributed by atoms with Crippen LogP contribution in [0.4, 0.5) is 0 Å². The second kappa shape index (κ2) is 7.30. The number of amides is 1. The van der Waals surface area contributed by atoms with Gasteiger partial charge in [0.2, 0.25) is 0 Å². The first-order chi connectivity index (χ1) is 13.3. The average molecular weight is 354 g/mol. The van der Waals surface area contributed by atoms with Crippen LogP contribution in [0.3, 0.4) is 0 Å². The molecule has 27 heavy (non-hydrogen) atoms. The van der Waals surface area contributed by atoms with Crippen LogP contribution < -0.4 is 5.32 Å². The molecule has 0 fully saturated rings. The molecule has 0 unspecified atom stereocenters. The van der Waals surface area contributed by atoms with E-state index in [2.05, 4.69) is 16.4 Å². The maximum absolute atomic E-state index is 12.6. The zero-order valence-corrected chi connectivity index (χ0v) is 14.7. The number of nitriles is 1. The molecule has 2 aromatic heterocycles. The number of carbonyl (C=O) groups excluding carboxylic acids is 1. The number of rotatable bonds is 5. The smallest absolute Gasteiger partial charge is 0.251 e. The summed E-state index contributed by atoms with van der Waals surface area (Å²) in [5.74, 6) is -0.111. The lowest BCUT2D eigenvalue weighted by Crippen LogP contribution is -2.25. The van der Waals surface area contributed by atoms with Crippen LogP contribution in [0.2, 0.25) is 0 Å². The lowest BCUT2D eigenvalue weighted by molar-refractivity contribution is 0.0954. The Morgan fingerprint density at radius 1 is 1.07 bits per heavy atom. The van der Waals surface area contributed by atoms with E-state index in [1.54, 1.807) is 12.4 Å². The Morgan fingerprint density at radius 2 is 1.89 bits per heavy atom. The van der Waals surface area contributed by atoms with Gasteiger partial charge in [-0.2, -0.15) is 5.26 Å². The van der Waals surface area contributed by atoms with E-state index >= 15 is 0 Å². The van der Waals surface area contributed by atoms with Crippen LogP contribution in [0.5, 0.6) is 0 Å². The van der Waals surface area contributed by atoms with Crippen molar-refractivity contribution >= 4 is 27.7 Å². The number of hydrogen-bond donors (Lipinski definition) is 1. The fourth-order valence-electron chi connectivity index (χ4n) is 3.39. The Kier molecular flexibility index (Phi) is 4.54. The number of fused-ring (bicyclic) bond motifs is 3. The predicted octanol–water partition coefficient (Wildman–Crippen LogP) is 3.69. The minimum absolute atomic E-state index is 0.111. The van der Waals surface area contributed by atoms with Gasteiger partial charge in [-0.25, -0.2) is 0 Å². The van der Waals surface area contributed by atoms with E-state index in [4.69, 9.17) is 0 Å². The molecule has 0 atom stereocenters. The van der Waals surface area contributed by atoms with Gasteiger partial charge in [0.05, 0.1) is 23.3 Å². The highest BCUT2D eigenvalue weighted by molar-refractivity contribution is 6.10. The first-order valence-electron chi connectivity index (χ1n) is 8.83. The predicted molar refractivity (Wildman–Crippen MR) is 105 cm³/mol. The summed E-state index contributed by atoms with van der Waals surface area (Å²) in [7, 11) is 0. The van der Waals surface area contributed by atoms with Crippen molar-refractivity contribution in [2.75, 3.05) is 6.54 Å². The molecule has 4 aromatic rings. The van der Waals surface area contributed by atoms with Crippen molar-refractivity contribution in [3.8, 4) is 6.07 Å². The molecule has 0 spiro atoms. The Hall–Kier alpha value is -3.65. The highest BCUT2D eigenvalue weighted by atomic mass is 16.1. The van der Waals surface area contributed by atoms with Crippen molar-refractivity contribution in [3.05, 3.63) is 78.1 Å². The van der Waals surface area contributed by atoms with Crippen LogP contribution in [0.25, 0.3) is 21.8 Å². The molecule has 4 rings (SSSR count). The molecule has 0 aliphatic carbocycles. The van der Waals surface area contributed by atoms with Crippen molar-refractivity contribution in [2.45, 2.75) is 13.0 Å². The van der Waals surface area contributed by atoms with Crippen molar-refractivity contribution in [1.82, 2.24) is 14.9 Å². The third-order valence-electron chi connectivity index (χ3n) is 4.70. The third-order valence-corrected chi connectivity index (χ3v) is 4.70. The van der Waals surface area contributed by atoms with Crippen LogP contribution in [0.15, 0.2) is 67.0 Å². The topological polar surface area (TPSA) is 70.7 Å². The molecular formula is C22H18N4O. The van der Waals surface area contributed by atoms with Crippen LogP contribution >= 0.6 is 0 Å². The van der Waals surface area contributed by atoms with E-state index in [1.807, 2.05) is 59.2 Å². The summed E-state index contributed by atoms with van der Waals surface area (Å²) in [5, 5.41) is 14.2. The van der Waals surface area contributed by atoms with E-state index in [0.717, 1.165) is 28.2 Å². The van der Waals surface area contributed by atoms with E-state index in [-0.39, 0.29) is 12.5 Å². The van der Waals surface area contributed by atoms with Crippen LogP contribution in [-0.2, 0) is 13.0 Å². The van der Waals surface area contributed by atoms with Gasteiger partial charge in [-0.3, -0.25) is 9.78 Å². The summed E-state index contributed by atoms with van der Waals surface area (Å²) in [6.45, 7) is 0.788. The van der Waals surface area contributed by atoms with Gasteiger partial charge >= 0.3 is 0 Å². The van der Waals surface area contributed by atoms with Gasteiger partial charge in [-0.05, 0) is 30.2 Å². The molecule has 2 heterocycles. The molecule has 0 aliphatic rings. The minimum Gasteiger partial charge on any atom is -0.352 e. The molecule has 0 aliphatic heterocycles. The van der Waals surface area contributed by atoms with Crippen molar-refractivity contribution in [2.24, 2.45) is 0 Å². The zero-order valence-electron chi connectivity index (χ0n) is 14.7. The maximum atomic E-state index is 12.6. The number of carbonyl (C=O) groups is 1. The summed E-state index contributed by atoms with van der Waals surface area (Å²) in [4.78, 5) is 16.7. The largest absolute Gasteiger partial charge is 0.352 e. The van der Waals surface area contributed by atoms with Gasteiger partial charge in [0.25, 0.3) is 5.91 Å². The van der Waals surface area contributed by atoms with Gasteiger partial charge in [-0.15, -0.1) is 0 Å². The molecule has 0 radical (unpaired) electrons. The first-order valence-corrected chi connectivity index (χ1v) is 8.83. The van der Waals surface area contributed by atoms with Crippen LogP contribution in [0.1, 0.15) is 15.9 Å². The lowest BCUT2D eigenvalue weighted by Gasteiger charge is -2.07. The van der Waals surface area contributed by atoms with E-state index in [9.17, 15) is 10.1 Å². The van der Waals surface area contributed by atoms with E-state index in [1.165, 1.54) is 5.56 Å². The summed E-state index contributed by atoms with van der Waals surface area (Å²) in [6, 6.07) is 19.8. The summed E-state index contributed by atoms with van der Waals surface area (Å²) in [6.07, 6.45) is 4.28. The Morgan fingerprint density at radius 3 is 2.70 bits per heavy atom. The first kappa shape index (κ1) is 16.8. The summed E-state index contributed by atoms with van der Waals surface area (Å²) in [5.41, 5.74) is 3.55. The Bertz CT molecular complexity index is 1160. The molecule has 5 nitrogen and oxygen atoms in total. The lowest BCUT2D eigenvalue weighted by atomic mass is 10.1. The number of nitrogens with one attached hydrogen (secondary N) is 1. The molecule has 132 valence electrons. The molecule has 2 aromatic carbocycles. The SMILES string of the molecule is N#CCn1c2cnccc2c2ccc(C(=O)NCCc3ccccc3)cc21. The van der Waals surface area contributed by atoms with Gasteiger partial charge in [-0.1, -0.05) is 36.4 Å². The highest BCUT2D eigenvalue weighted by Gasteiger charge is 2.13. The second-order valence-corrected chi connectivity index (χ2v) is 6.36. The minimum atomic E-state index is -0.111. The normalized spacial score (nSPS) is 10.8. The van der Waals surface area contributed by atoms with E-state index < -0.39 is 0 Å². The molecule has 1 amide bonds. The molecule has 0 saturated heterocycles. The Balaban J connectivity index is 1.61. The quantitative estimate of drug-likeness (QED) is 0.594. The Labute approximate surface area is 156 Å². The molecule has 1 N–H and O–H groups in total. The number of nitrogens with zero attached hydrogens (tertiary/aromatic N) is 3. The average Bonchev–Trinajstić information content (AvgIpc) is 3.02. The van der Waals surface area contributed by atoms with Crippen molar-refractivity contribution in [1.29, 1.82) is 5.26 Å². The van der Waals surface area contributed by atoms with Crippen LogP contribution in [-0.4, -0.2) is 22.0 Å². The molecule has 5 heteroatoms. The summed E-state index contributed by atoms with van der Waals surface area (Å²) >= 11 is 0. The highest BCUT2D eigenvalue weighted by Crippen LogP contribution is 2.29. The number of aromatic nitrogens is 2. The monoisotopic (exact) mass is 354 g/mol.